The molecule has 0 atom stereocenters. The van der Waals surface area contributed by atoms with Crippen molar-refractivity contribution in [2.45, 2.75) is 6.92 Å². The number of rotatable bonds is 8. The van der Waals surface area contributed by atoms with Crippen LogP contribution < -0.4 is 25.5 Å². The minimum Gasteiger partial charge on any atom is -0.493 e. The Morgan fingerprint density at radius 2 is 1.73 bits per heavy atom. The summed E-state index contributed by atoms with van der Waals surface area (Å²) in [6.07, 6.45) is 1.47. The van der Waals surface area contributed by atoms with Gasteiger partial charge in [0.2, 0.25) is 0 Å². The molecule has 3 aromatic rings. The molecular weight excluding hydrogens is 488 g/mol. The Labute approximate surface area is 200 Å². The number of methoxy groups -OCH3 is 1. The molecule has 3 rings (SSSR count). The third kappa shape index (κ3) is 7.08. The number of para-hydroxylation sites is 2. The lowest BCUT2D eigenvalue weighted by Crippen LogP contribution is -2.24. The average molecular weight is 511 g/mol. The molecule has 9 heteroatoms. The first kappa shape index (κ1) is 23.8. The molecule has 3 amide bonds. The summed E-state index contributed by atoms with van der Waals surface area (Å²) in [5.41, 5.74) is 5.39. The van der Waals surface area contributed by atoms with Gasteiger partial charge in [0.05, 0.1) is 13.3 Å². The fraction of sp³-hybridized carbons (Fsp3) is 0.125. The highest BCUT2D eigenvalue weighted by Crippen LogP contribution is 2.33. The average Bonchev–Trinajstić information content (AvgIpc) is 2.81. The summed E-state index contributed by atoms with van der Waals surface area (Å²) in [6.45, 7) is 1.71. The molecule has 0 saturated heterocycles. The first-order valence-corrected chi connectivity index (χ1v) is 10.8. The van der Waals surface area contributed by atoms with Gasteiger partial charge in [-0.05, 0) is 58.7 Å². The normalized spacial score (nSPS) is 10.5. The summed E-state index contributed by atoms with van der Waals surface area (Å²) in [5.74, 6) is 0.500. The molecule has 0 unspecified atom stereocenters. The number of hydrazone groups is 1. The number of ether oxygens (including phenoxy) is 2. The number of carbonyl (C=O) groups excluding carboxylic acids is 2. The van der Waals surface area contributed by atoms with Gasteiger partial charge in [-0.3, -0.25) is 4.79 Å². The summed E-state index contributed by atoms with van der Waals surface area (Å²) in [7, 11) is 1.49. The van der Waals surface area contributed by atoms with Crippen molar-refractivity contribution in [3.63, 3.8) is 0 Å². The van der Waals surface area contributed by atoms with E-state index in [1.807, 2.05) is 43.3 Å². The highest BCUT2D eigenvalue weighted by Gasteiger charge is 2.12. The number of halogens is 1. The Balaban J connectivity index is 1.59. The van der Waals surface area contributed by atoms with Crippen molar-refractivity contribution in [1.29, 1.82) is 0 Å². The zero-order valence-electron chi connectivity index (χ0n) is 18.1. The minimum absolute atomic E-state index is 0.189. The quantitative estimate of drug-likeness (QED) is 0.295. The lowest BCUT2D eigenvalue weighted by atomic mass is 10.2. The van der Waals surface area contributed by atoms with Crippen LogP contribution in [0.2, 0.25) is 0 Å². The Hall–Kier alpha value is -3.85. The van der Waals surface area contributed by atoms with E-state index in [4.69, 9.17) is 9.47 Å². The van der Waals surface area contributed by atoms with Crippen LogP contribution in [0.1, 0.15) is 11.1 Å². The van der Waals surface area contributed by atoms with Gasteiger partial charge in [0, 0.05) is 21.4 Å². The van der Waals surface area contributed by atoms with E-state index in [1.165, 1.54) is 13.3 Å². The smallest absolute Gasteiger partial charge is 0.339 e. The second kappa shape index (κ2) is 11.7. The van der Waals surface area contributed by atoms with Crippen LogP contribution >= 0.6 is 15.9 Å². The van der Waals surface area contributed by atoms with E-state index >= 15 is 0 Å². The summed E-state index contributed by atoms with van der Waals surface area (Å²) < 4.78 is 11.6. The minimum atomic E-state index is -0.465. The number of hydrogen-bond donors (Lipinski definition) is 3. The Kier molecular flexibility index (Phi) is 8.43. The molecule has 170 valence electrons. The van der Waals surface area contributed by atoms with Gasteiger partial charge in [-0.1, -0.05) is 36.4 Å². The van der Waals surface area contributed by atoms with Gasteiger partial charge in [-0.25, -0.2) is 10.2 Å². The number of carbonyl (C=O) groups is 2. The number of aryl methyl sites for hydroxylation is 1. The number of hydrogen-bond acceptors (Lipinski definition) is 5. The zero-order valence-corrected chi connectivity index (χ0v) is 19.7. The molecule has 3 N–H and O–H groups in total. The maximum Gasteiger partial charge on any atom is 0.339 e. The zero-order chi connectivity index (χ0) is 23.6. The molecule has 0 heterocycles. The molecule has 0 aliphatic heterocycles. The first-order valence-electron chi connectivity index (χ1n) is 9.97. The number of urea groups is 1. The molecule has 8 nitrogen and oxygen atoms in total. The molecule has 3 aromatic carbocycles. The van der Waals surface area contributed by atoms with Crippen molar-refractivity contribution in [2.75, 3.05) is 24.4 Å². The number of nitrogens with one attached hydrogen (secondary N) is 3. The maximum absolute atomic E-state index is 12.1. The SMILES string of the molecule is COc1cc(C=NNC(=O)Nc2ccccc2C)c(Br)cc1OCC(=O)Nc1ccccc1. The number of amides is 3. The monoisotopic (exact) mass is 510 g/mol. The van der Waals surface area contributed by atoms with E-state index in [1.54, 1.807) is 30.3 Å². The van der Waals surface area contributed by atoms with Gasteiger partial charge >= 0.3 is 6.03 Å². The highest BCUT2D eigenvalue weighted by molar-refractivity contribution is 9.10. The molecule has 33 heavy (non-hydrogen) atoms. The molecule has 0 aromatic heterocycles. The lowest BCUT2D eigenvalue weighted by molar-refractivity contribution is -0.118. The fourth-order valence-corrected chi connectivity index (χ4v) is 3.23. The lowest BCUT2D eigenvalue weighted by Gasteiger charge is -2.13. The van der Waals surface area contributed by atoms with Gasteiger partial charge in [0.15, 0.2) is 18.1 Å². The van der Waals surface area contributed by atoms with Crippen molar-refractivity contribution < 1.29 is 19.1 Å². The van der Waals surface area contributed by atoms with Crippen molar-refractivity contribution in [3.05, 3.63) is 82.3 Å². The molecule has 0 aliphatic carbocycles. The third-order valence-corrected chi connectivity index (χ3v) is 5.15. The van der Waals surface area contributed by atoms with Crippen LogP contribution in [0.4, 0.5) is 16.2 Å². The number of nitrogens with zero attached hydrogens (tertiary/aromatic N) is 1. The van der Waals surface area contributed by atoms with Crippen molar-refractivity contribution in [1.82, 2.24) is 5.43 Å². The van der Waals surface area contributed by atoms with Gasteiger partial charge in [0.25, 0.3) is 5.91 Å². The van der Waals surface area contributed by atoms with Gasteiger partial charge < -0.3 is 20.1 Å². The standard InChI is InChI=1S/C24H23BrN4O4/c1-16-8-6-7-11-20(16)28-24(31)29-26-14-17-12-21(32-2)22(13-19(17)25)33-15-23(30)27-18-9-4-3-5-10-18/h3-14H,15H2,1-2H3,(H,27,30)(H2,28,29,31). The van der Waals surface area contributed by atoms with E-state index in [9.17, 15) is 9.59 Å². The van der Waals surface area contributed by atoms with E-state index in [0.717, 1.165) is 5.56 Å². The number of anilines is 2. The van der Waals surface area contributed by atoms with Crippen molar-refractivity contribution in [2.24, 2.45) is 5.10 Å². The summed E-state index contributed by atoms with van der Waals surface area (Å²) in [5, 5.41) is 9.46. The van der Waals surface area contributed by atoms with E-state index in [0.29, 0.717) is 32.9 Å². The van der Waals surface area contributed by atoms with Gasteiger partial charge in [-0.2, -0.15) is 5.10 Å². The first-order chi connectivity index (χ1) is 16.0. The molecule has 0 saturated carbocycles. The molecular formula is C24H23BrN4O4. The third-order valence-electron chi connectivity index (χ3n) is 4.46. The van der Waals surface area contributed by atoms with Gasteiger partial charge in [0.1, 0.15) is 0 Å². The van der Waals surface area contributed by atoms with Crippen LogP contribution in [-0.4, -0.2) is 31.9 Å². The summed E-state index contributed by atoms with van der Waals surface area (Å²) >= 11 is 3.45. The Morgan fingerprint density at radius 1 is 1.00 bits per heavy atom. The second-order valence-electron chi connectivity index (χ2n) is 6.87. The van der Waals surface area contributed by atoms with Crippen LogP contribution in [0.25, 0.3) is 0 Å². The Morgan fingerprint density at radius 3 is 2.45 bits per heavy atom. The topological polar surface area (TPSA) is 101 Å². The Bertz CT molecular complexity index is 1150. The maximum atomic E-state index is 12.1. The number of benzene rings is 3. The van der Waals surface area contributed by atoms with Crippen LogP contribution in [0.3, 0.4) is 0 Å². The summed E-state index contributed by atoms with van der Waals surface area (Å²) in [6, 6.07) is 19.4. The largest absolute Gasteiger partial charge is 0.493 e. The molecule has 0 radical (unpaired) electrons. The van der Waals surface area contributed by atoms with E-state index in [2.05, 4.69) is 37.1 Å². The summed E-state index contributed by atoms with van der Waals surface area (Å²) in [4.78, 5) is 24.2. The molecule has 0 fully saturated rings. The second-order valence-corrected chi connectivity index (χ2v) is 7.72. The molecule has 0 aliphatic rings. The van der Waals surface area contributed by atoms with Crippen molar-refractivity contribution >= 4 is 45.5 Å². The molecule has 0 spiro atoms. The predicted molar refractivity (Wildman–Crippen MR) is 132 cm³/mol. The van der Waals surface area contributed by atoms with E-state index in [-0.39, 0.29) is 12.5 Å². The van der Waals surface area contributed by atoms with Crippen LogP contribution in [-0.2, 0) is 4.79 Å². The van der Waals surface area contributed by atoms with Crippen LogP contribution in [0, 0.1) is 6.92 Å². The van der Waals surface area contributed by atoms with Crippen LogP contribution in [0.15, 0.2) is 76.3 Å². The molecule has 0 bridgehead atoms. The van der Waals surface area contributed by atoms with Crippen molar-refractivity contribution in [3.8, 4) is 11.5 Å². The highest BCUT2D eigenvalue weighted by atomic mass is 79.9. The van der Waals surface area contributed by atoms with E-state index < -0.39 is 6.03 Å². The van der Waals surface area contributed by atoms with Crippen LogP contribution in [0.5, 0.6) is 11.5 Å². The van der Waals surface area contributed by atoms with Gasteiger partial charge in [-0.15, -0.1) is 0 Å². The fourth-order valence-electron chi connectivity index (χ4n) is 2.81. The predicted octanol–water partition coefficient (Wildman–Crippen LogP) is 4.94.